The van der Waals surface area contributed by atoms with Crippen LogP contribution in [0.25, 0.3) is 0 Å². The molecular formula is C15H24N2O3S. The molecule has 1 aromatic rings. The van der Waals surface area contributed by atoms with Crippen LogP contribution in [0.1, 0.15) is 32.6 Å². The first-order valence-corrected chi connectivity index (χ1v) is 8.92. The molecular weight excluding hydrogens is 288 g/mol. The fourth-order valence-corrected chi connectivity index (χ4v) is 3.72. The second kappa shape index (κ2) is 7.24. The van der Waals surface area contributed by atoms with Crippen molar-refractivity contribution in [3.05, 3.63) is 24.3 Å². The van der Waals surface area contributed by atoms with Crippen LogP contribution < -0.4 is 10.0 Å². The highest BCUT2D eigenvalue weighted by molar-refractivity contribution is 7.89. The first-order chi connectivity index (χ1) is 10.0. The molecule has 1 aliphatic carbocycles. The first-order valence-electron chi connectivity index (χ1n) is 7.44. The van der Waals surface area contributed by atoms with Crippen molar-refractivity contribution in [3.63, 3.8) is 0 Å². The number of ether oxygens (including phenoxy) is 1. The number of rotatable bonds is 6. The molecule has 0 atom stereocenters. The molecule has 0 aliphatic heterocycles. The van der Waals surface area contributed by atoms with Gasteiger partial charge in [-0.1, -0.05) is 6.92 Å². The molecule has 0 bridgehead atoms. The van der Waals surface area contributed by atoms with E-state index in [1.165, 1.54) is 0 Å². The van der Waals surface area contributed by atoms with Crippen LogP contribution in [-0.4, -0.2) is 34.2 Å². The average molecular weight is 312 g/mol. The Labute approximate surface area is 127 Å². The third-order valence-corrected chi connectivity index (χ3v) is 5.44. The molecule has 1 aliphatic rings. The fourth-order valence-electron chi connectivity index (χ4n) is 2.68. The molecule has 118 valence electrons. The van der Waals surface area contributed by atoms with Gasteiger partial charge in [0.05, 0.1) is 11.0 Å². The Morgan fingerprint density at radius 3 is 2.29 bits per heavy atom. The van der Waals surface area contributed by atoms with Gasteiger partial charge in [-0.2, -0.15) is 0 Å². The van der Waals surface area contributed by atoms with Crippen LogP contribution in [0.3, 0.4) is 0 Å². The Kier molecular flexibility index (Phi) is 5.61. The predicted molar refractivity (Wildman–Crippen MR) is 84.0 cm³/mol. The molecule has 0 heterocycles. The lowest BCUT2D eigenvalue weighted by atomic mass is 9.93. The average Bonchev–Trinajstić information content (AvgIpc) is 2.48. The fraction of sp³-hybridized carbons (Fsp3) is 0.600. The number of benzene rings is 1. The molecule has 2 N–H and O–H groups in total. The van der Waals surface area contributed by atoms with E-state index >= 15 is 0 Å². The van der Waals surface area contributed by atoms with Gasteiger partial charge in [-0.3, -0.25) is 0 Å². The smallest absolute Gasteiger partial charge is 0.240 e. The van der Waals surface area contributed by atoms with Gasteiger partial charge in [0.2, 0.25) is 10.0 Å². The number of methoxy groups -OCH3 is 1. The maximum Gasteiger partial charge on any atom is 0.240 e. The lowest BCUT2D eigenvalue weighted by molar-refractivity contribution is 0.0682. The summed E-state index contributed by atoms with van der Waals surface area (Å²) >= 11 is 0. The summed E-state index contributed by atoms with van der Waals surface area (Å²) in [6, 6.07) is 7.37. The third-order valence-electron chi connectivity index (χ3n) is 3.88. The highest BCUT2D eigenvalue weighted by Crippen LogP contribution is 2.24. The van der Waals surface area contributed by atoms with Crippen molar-refractivity contribution in [2.24, 2.45) is 0 Å². The summed E-state index contributed by atoms with van der Waals surface area (Å²) < 4.78 is 31.6. The summed E-state index contributed by atoms with van der Waals surface area (Å²) in [6.45, 7) is 2.16. The zero-order valence-corrected chi connectivity index (χ0v) is 13.4. The summed E-state index contributed by atoms with van der Waals surface area (Å²) in [5, 5.41) is 3.47. The number of hydrogen-bond donors (Lipinski definition) is 2. The van der Waals surface area contributed by atoms with Crippen LogP contribution in [0, 0.1) is 0 Å². The van der Waals surface area contributed by atoms with E-state index < -0.39 is 10.0 Å². The molecule has 6 heteroatoms. The Morgan fingerprint density at radius 2 is 1.76 bits per heavy atom. The highest BCUT2D eigenvalue weighted by atomic mass is 32.2. The van der Waals surface area contributed by atoms with Crippen LogP contribution in [0.2, 0.25) is 0 Å². The molecule has 5 nitrogen and oxygen atoms in total. The largest absolute Gasteiger partial charge is 0.382 e. The van der Waals surface area contributed by atoms with Crippen LogP contribution >= 0.6 is 0 Å². The van der Waals surface area contributed by atoms with Crippen LogP contribution in [-0.2, 0) is 14.8 Å². The molecule has 0 saturated heterocycles. The zero-order valence-electron chi connectivity index (χ0n) is 12.6. The Hall–Kier alpha value is -1.11. The first kappa shape index (κ1) is 16.3. The van der Waals surface area contributed by atoms with Crippen LogP contribution in [0.15, 0.2) is 29.2 Å². The van der Waals surface area contributed by atoms with Crippen molar-refractivity contribution in [1.82, 2.24) is 4.72 Å². The summed E-state index contributed by atoms with van der Waals surface area (Å²) in [5.74, 6) is 0. The minimum Gasteiger partial charge on any atom is -0.382 e. The van der Waals surface area contributed by atoms with E-state index in [1.54, 1.807) is 26.2 Å². The van der Waals surface area contributed by atoms with Gasteiger partial charge in [0.25, 0.3) is 0 Å². The quantitative estimate of drug-likeness (QED) is 0.846. The minimum absolute atomic E-state index is 0.304. The highest BCUT2D eigenvalue weighted by Gasteiger charge is 2.20. The van der Waals surface area contributed by atoms with Gasteiger partial charge >= 0.3 is 0 Å². The summed E-state index contributed by atoms with van der Waals surface area (Å²) in [4.78, 5) is 0.304. The van der Waals surface area contributed by atoms with Crippen molar-refractivity contribution in [1.29, 1.82) is 0 Å². The van der Waals surface area contributed by atoms with Gasteiger partial charge in [0, 0.05) is 25.4 Å². The molecule has 0 aromatic heterocycles. The molecule has 1 fully saturated rings. The minimum atomic E-state index is -3.37. The SMILES string of the molecule is CCNS(=O)(=O)c1ccc(NC2CCC(OC)CC2)cc1. The maximum atomic E-state index is 11.9. The second-order valence-electron chi connectivity index (χ2n) is 5.38. The zero-order chi connectivity index (χ0) is 15.3. The van der Waals surface area contributed by atoms with E-state index in [0.717, 1.165) is 31.4 Å². The van der Waals surface area contributed by atoms with Crippen molar-refractivity contribution < 1.29 is 13.2 Å². The standard InChI is InChI=1S/C15H24N2O3S/c1-3-16-21(18,19)15-10-6-13(7-11-15)17-12-4-8-14(20-2)9-5-12/h6-7,10-12,14,16-17H,3-5,8-9H2,1-2H3. The van der Waals surface area contributed by atoms with Gasteiger partial charge in [-0.15, -0.1) is 0 Å². The molecule has 0 amide bonds. The topological polar surface area (TPSA) is 67.4 Å². The van der Waals surface area contributed by atoms with Crippen molar-refractivity contribution in [2.45, 2.75) is 49.6 Å². The van der Waals surface area contributed by atoms with E-state index in [9.17, 15) is 8.42 Å². The number of nitrogens with one attached hydrogen (secondary N) is 2. The lowest BCUT2D eigenvalue weighted by Gasteiger charge is -2.28. The monoisotopic (exact) mass is 312 g/mol. The van der Waals surface area contributed by atoms with E-state index in [4.69, 9.17) is 4.74 Å². The van der Waals surface area contributed by atoms with Crippen LogP contribution in [0.5, 0.6) is 0 Å². The van der Waals surface area contributed by atoms with Gasteiger partial charge in [-0.25, -0.2) is 13.1 Å². The second-order valence-corrected chi connectivity index (χ2v) is 7.15. The normalized spacial score (nSPS) is 23.0. The van der Waals surface area contributed by atoms with E-state index in [2.05, 4.69) is 10.0 Å². The lowest BCUT2D eigenvalue weighted by Crippen LogP contribution is -2.29. The van der Waals surface area contributed by atoms with Crippen LogP contribution in [0.4, 0.5) is 5.69 Å². The van der Waals surface area contributed by atoms with E-state index in [-0.39, 0.29) is 0 Å². The van der Waals surface area contributed by atoms with Crippen molar-refractivity contribution in [2.75, 3.05) is 19.0 Å². The van der Waals surface area contributed by atoms with Gasteiger partial charge in [0.1, 0.15) is 0 Å². The van der Waals surface area contributed by atoms with E-state index in [0.29, 0.717) is 23.6 Å². The predicted octanol–water partition coefficient (Wildman–Crippen LogP) is 2.35. The molecule has 1 saturated carbocycles. The number of anilines is 1. The van der Waals surface area contributed by atoms with Crippen molar-refractivity contribution in [3.8, 4) is 0 Å². The summed E-state index contributed by atoms with van der Waals surface area (Å²) in [6.07, 6.45) is 4.68. The summed E-state index contributed by atoms with van der Waals surface area (Å²) in [7, 11) is -1.60. The third kappa shape index (κ3) is 4.43. The van der Waals surface area contributed by atoms with Gasteiger partial charge in [-0.05, 0) is 49.9 Å². The van der Waals surface area contributed by atoms with E-state index in [1.807, 2.05) is 12.1 Å². The number of sulfonamides is 1. The molecule has 0 unspecified atom stereocenters. The molecule has 0 spiro atoms. The molecule has 2 rings (SSSR count). The number of hydrogen-bond acceptors (Lipinski definition) is 4. The maximum absolute atomic E-state index is 11.9. The Bertz CT molecular complexity index is 535. The van der Waals surface area contributed by atoms with Crippen molar-refractivity contribution >= 4 is 15.7 Å². The summed E-state index contributed by atoms with van der Waals surface area (Å²) in [5.41, 5.74) is 0.964. The Morgan fingerprint density at radius 1 is 1.14 bits per heavy atom. The molecule has 21 heavy (non-hydrogen) atoms. The Balaban J connectivity index is 1.94. The molecule has 0 radical (unpaired) electrons. The molecule has 1 aromatic carbocycles. The van der Waals surface area contributed by atoms with Gasteiger partial charge < -0.3 is 10.1 Å². The van der Waals surface area contributed by atoms with Gasteiger partial charge in [0.15, 0.2) is 0 Å².